The number of hydrogen-bond donors (Lipinski definition) is 4. The summed E-state index contributed by atoms with van der Waals surface area (Å²) < 4.78 is 0. The van der Waals surface area contributed by atoms with Crippen molar-refractivity contribution in [2.24, 2.45) is 0 Å². The number of nitrogens with zero attached hydrogens (tertiary/aromatic N) is 1. The Bertz CT molecular complexity index is 377. The molecule has 0 aliphatic carbocycles. The van der Waals surface area contributed by atoms with Crippen LogP contribution in [0.5, 0.6) is 0 Å². The normalized spacial score (nSPS) is 13.8. The van der Waals surface area contributed by atoms with E-state index in [0.717, 1.165) is 5.56 Å². The number of aromatic nitrogens is 2. The van der Waals surface area contributed by atoms with Gasteiger partial charge in [-0.15, -0.1) is 0 Å². The number of carbonyl (C=O) groups excluding carboxylic acids is 1. The van der Waals surface area contributed by atoms with Gasteiger partial charge in [-0.25, -0.2) is 9.59 Å². The second-order valence-electron chi connectivity index (χ2n) is 3.67. The number of H-pyrrole nitrogens is 1. The standard InChI is InChI=1S/C10H16N4O3/c1-3-8(9(15)16)14-10(17)13-6(2)7-4-11-12-5-7/h4-6,8H,3H2,1-2H3,(H,11,12)(H,15,16)(H2,13,14,17)/t6?,8-/m0/s1. The van der Waals surface area contributed by atoms with Crippen LogP contribution in [-0.2, 0) is 4.79 Å². The van der Waals surface area contributed by atoms with Crippen molar-refractivity contribution < 1.29 is 14.7 Å². The third kappa shape index (κ3) is 3.78. The number of carboxylic acid groups (broad SMARTS) is 1. The number of carbonyl (C=O) groups is 2. The molecule has 1 aromatic heterocycles. The van der Waals surface area contributed by atoms with Gasteiger partial charge in [-0.05, 0) is 13.3 Å². The van der Waals surface area contributed by atoms with Gasteiger partial charge in [0.05, 0.1) is 12.2 Å². The Labute approximate surface area is 98.6 Å². The first kappa shape index (κ1) is 13.0. The summed E-state index contributed by atoms with van der Waals surface area (Å²) in [5, 5.41) is 20.2. The van der Waals surface area contributed by atoms with Crippen molar-refractivity contribution in [3.63, 3.8) is 0 Å². The SMILES string of the molecule is CC[C@H](NC(=O)NC(C)c1cn[nH]c1)C(=O)O. The maximum absolute atomic E-state index is 11.5. The molecule has 0 aliphatic rings. The smallest absolute Gasteiger partial charge is 0.326 e. The van der Waals surface area contributed by atoms with Crippen molar-refractivity contribution in [3.8, 4) is 0 Å². The molecule has 0 bridgehead atoms. The molecule has 0 aromatic carbocycles. The average Bonchev–Trinajstić information content (AvgIpc) is 2.78. The zero-order chi connectivity index (χ0) is 12.8. The molecule has 1 heterocycles. The van der Waals surface area contributed by atoms with E-state index in [9.17, 15) is 9.59 Å². The Morgan fingerprint density at radius 3 is 2.71 bits per heavy atom. The minimum absolute atomic E-state index is 0.236. The first-order valence-corrected chi connectivity index (χ1v) is 5.33. The van der Waals surface area contributed by atoms with E-state index >= 15 is 0 Å². The van der Waals surface area contributed by atoms with Gasteiger partial charge in [0.1, 0.15) is 6.04 Å². The fourth-order valence-electron chi connectivity index (χ4n) is 1.32. The molecule has 4 N–H and O–H groups in total. The molecular formula is C10H16N4O3. The molecule has 2 atom stereocenters. The zero-order valence-corrected chi connectivity index (χ0v) is 9.73. The fourth-order valence-corrected chi connectivity index (χ4v) is 1.32. The summed E-state index contributed by atoms with van der Waals surface area (Å²) in [5.74, 6) is -1.04. The highest BCUT2D eigenvalue weighted by Gasteiger charge is 2.18. The zero-order valence-electron chi connectivity index (χ0n) is 9.73. The van der Waals surface area contributed by atoms with Crippen LogP contribution < -0.4 is 10.6 Å². The van der Waals surface area contributed by atoms with Crippen LogP contribution in [0.3, 0.4) is 0 Å². The predicted octanol–water partition coefficient (Wildman–Crippen LogP) is 0.633. The lowest BCUT2D eigenvalue weighted by molar-refractivity contribution is -0.139. The highest BCUT2D eigenvalue weighted by molar-refractivity contribution is 5.82. The number of aliphatic carboxylic acids is 1. The van der Waals surface area contributed by atoms with Crippen molar-refractivity contribution >= 4 is 12.0 Å². The lowest BCUT2D eigenvalue weighted by Gasteiger charge is -2.16. The number of hydrogen-bond acceptors (Lipinski definition) is 3. The maximum Gasteiger partial charge on any atom is 0.326 e. The third-order valence-corrected chi connectivity index (χ3v) is 2.38. The second-order valence-corrected chi connectivity index (χ2v) is 3.67. The molecule has 94 valence electrons. The van der Waals surface area contributed by atoms with Crippen LogP contribution in [0.4, 0.5) is 4.79 Å². The predicted molar refractivity (Wildman–Crippen MR) is 60.4 cm³/mol. The molecule has 0 saturated heterocycles. The van der Waals surface area contributed by atoms with Crippen molar-refractivity contribution in [2.45, 2.75) is 32.4 Å². The van der Waals surface area contributed by atoms with Gasteiger partial charge in [0.25, 0.3) is 0 Å². The number of rotatable bonds is 5. The highest BCUT2D eigenvalue weighted by Crippen LogP contribution is 2.08. The van der Waals surface area contributed by atoms with Gasteiger partial charge in [0, 0.05) is 11.8 Å². The summed E-state index contributed by atoms with van der Waals surface area (Å²) >= 11 is 0. The van der Waals surface area contributed by atoms with Gasteiger partial charge in [-0.2, -0.15) is 5.10 Å². The van der Waals surface area contributed by atoms with Crippen LogP contribution in [0, 0.1) is 0 Å². The van der Waals surface area contributed by atoms with Gasteiger partial charge in [0.2, 0.25) is 0 Å². The summed E-state index contributed by atoms with van der Waals surface area (Å²) in [4.78, 5) is 22.2. The molecule has 0 aliphatic heterocycles. The molecule has 17 heavy (non-hydrogen) atoms. The summed E-state index contributed by atoms with van der Waals surface area (Å²) in [6.07, 6.45) is 3.60. The molecule has 7 nitrogen and oxygen atoms in total. The Morgan fingerprint density at radius 1 is 1.53 bits per heavy atom. The van der Waals surface area contributed by atoms with Crippen LogP contribution in [0.25, 0.3) is 0 Å². The summed E-state index contributed by atoms with van der Waals surface area (Å²) in [7, 11) is 0. The topological polar surface area (TPSA) is 107 Å². The molecule has 2 amide bonds. The summed E-state index contributed by atoms with van der Waals surface area (Å²) in [6.45, 7) is 3.48. The van der Waals surface area contributed by atoms with Crippen LogP contribution in [0.15, 0.2) is 12.4 Å². The fraction of sp³-hybridized carbons (Fsp3) is 0.500. The first-order chi connectivity index (χ1) is 8.04. The van der Waals surface area contributed by atoms with Gasteiger partial charge >= 0.3 is 12.0 Å². The minimum Gasteiger partial charge on any atom is -0.480 e. The van der Waals surface area contributed by atoms with Gasteiger partial charge < -0.3 is 15.7 Å². The Kier molecular flexibility index (Phi) is 4.50. The molecule has 1 rings (SSSR count). The van der Waals surface area contributed by atoms with E-state index < -0.39 is 18.0 Å². The Hall–Kier alpha value is -2.05. The van der Waals surface area contributed by atoms with E-state index in [0.29, 0.717) is 6.42 Å². The quantitative estimate of drug-likeness (QED) is 0.605. The summed E-state index contributed by atoms with van der Waals surface area (Å²) in [5.41, 5.74) is 0.823. The largest absolute Gasteiger partial charge is 0.480 e. The van der Waals surface area contributed by atoms with E-state index in [-0.39, 0.29) is 6.04 Å². The molecule has 0 fully saturated rings. The van der Waals surface area contributed by atoms with Crippen molar-refractivity contribution in [3.05, 3.63) is 18.0 Å². The molecular weight excluding hydrogens is 224 g/mol. The Balaban J connectivity index is 2.47. The Morgan fingerprint density at radius 2 is 2.24 bits per heavy atom. The van der Waals surface area contributed by atoms with Crippen LogP contribution in [0.1, 0.15) is 31.9 Å². The van der Waals surface area contributed by atoms with Crippen molar-refractivity contribution in [1.29, 1.82) is 0 Å². The monoisotopic (exact) mass is 240 g/mol. The van der Waals surface area contributed by atoms with Crippen molar-refractivity contribution in [2.75, 3.05) is 0 Å². The lowest BCUT2D eigenvalue weighted by Crippen LogP contribution is -2.46. The van der Waals surface area contributed by atoms with E-state index in [4.69, 9.17) is 5.11 Å². The summed E-state index contributed by atoms with van der Waals surface area (Å²) in [6, 6.07) is -1.61. The number of nitrogens with one attached hydrogen (secondary N) is 3. The molecule has 0 radical (unpaired) electrons. The second kappa shape index (κ2) is 5.88. The minimum atomic E-state index is -1.04. The number of carboxylic acids is 1. The number of aromatic amines is 1. The molecule has 0 spiro atoms. The van der Waals surface area contributed by atoms with E-state index in [1.807, 2.05) is 0 Å². The molecule has 1 aromatic rings. The van der Waals surface area contributed by atoms with E-state index in [1.54, 1.807) is 26.2 Å². The average molecular weight is 240 g/mol. The van der Waals surface area contributed by atoms with Gasteiger partial charge in [-0.1, -0.05) is 6.92 Å². The van der Waals surface area contributed by atoms with E-state index in [1.165, 1.54) is 0 Å². The van der Waals surface area contributed by atoms with E-state index in [2.05, 4.69) is 20.8 Å². The number of urea groups is 1. The molecule has 1 unspecified atom stereocenters. The number of amides is 2. The van der Waals surface area contributed by atoms with Gasteiger partial charge in [0.15, 0.2) is 0 Å². The third-order valence-electron chi connectivity index (χ3n) is 2.38. The highest BCUT2D eigenvalue weighted by atomic mass is 16.4. The maximum atomic E-state index is 11.5. The van der Waals surface area contributed by atoms with Crippen molar-refractivity contribution in [1.82, 2.24) is 20.8 Å². The van der Waals surface area contributed by atoms with Crippen LogP contribution in [0.2, 0.25) is 0 Å². The molecule has 0 saturated carbocycles. The van der Waals surface area contributed by atoms with Crippen LogP contribution in [-0.4, -0.2) is 33.3 Å². The van der Waals surface area contributed by atoms with Gasteiger partial charge in [-0.3, -0.25) is 5.10 Å². The van der Waals surface area contributed by atoms with Crippen LogP contribution >= 0.6 is 0 Å². The lowest BCUT2D eigenvalue weighted by atomic mass is 10.2. The first-order valence-electron chi connectivity index (χ1n) is 5.33. The molecule has 7 heteroatoms.